The number of fused-ring (bicyclic) bond motifs is 1. The van der Waals surface area contributed by atoms with Crippen molar-refractivity contribution in [3.05, 3.63) is 53.1 Å². The predicted octanol–water partition coefficient (Wildman–Crippen LogP) is 4.77. The first-order valence-electron chi connectivity index (χ1n) is 11.5. The normalized spacial score (nSPS) is 15.3. The Balaban J connectivity index is 1.60. The van der Waals surface area contributed by atoms with E-state index in [9.17, 15) is 13.7 Å². The molecule has 1 aromatic heterocycles. The number of nitrogens with one attached hydrogen (secondary N) is 1. The first-order chi connectivity index (χ1) is 16.3. The van der Waals surface area contributed by atoms with Gasteiger partial charge in [-0.1, -0.05) is 36.7 Å². The van der Waals surface area contributed by atoms with Gasteiger partial charge >= 0.3 is 0 Å². The zero-order valence-electron chi connectivity index (χ0n) is 19.5. The molecule has 178 valence electrons. The van der Waals surface area contributed by atoms with E-state index in [0.29, 0.717) is 41.4 Å². The molecule has 9 heteroatoms. The fraction of sp³-hybridized carbons (Fsp3) is 0.400. The van der Waals surface area contributed by atoms with Crippen molar-refractivity contribution in [3.8, 4) is 34.7 Å². The summed E-state index contributed by atoms with van der Waals surface area (Å²) in [5.41, 5.74) is 3.82. The molecule has 0 radical (unpaired) electrons. The van der Waals surface area contributed by atoms with Crippen molar-refractivity contribution in [3.63, 3.8) is 0 Å². The van der Waals surface area contributed by atoms with Crippen LogP contribution in [0.25, 0.3) is 22.8 Å². The summed E-state index contributed by atoms with van der Waals surface area (Å²) in [5, 5.41) is 13.7. The molecule has 1 atom stereocenters. The van der Waals surface area contributed by atoms with Gasteiger partial charge in [0.2, 0.25) is 15.8 Å². The van der Waals surface area contributed by atoms with Crippen molar-refractivity contribution in [2.75, 3.05) is 5.75 Å². The molecule has 1 heterocycles. The van der Waals surface area contributed by atoms with Crippen LogP contribution in [-0.4, -0.2) is 30.4 Å². The number of nitriles is 1. The van der Waals surface area contributed by atoms with E-state index in [1.54, 1.807) is 18.2 Å². The summed E-state index contributed by atoms with van der Waals surface area (Å²) in [6, 6.07) is 12.8. The predicted molar refractivity (Wildman–Crippen MR) is 129 cm³/mol. The van der Waals surface area contributed by atoms with Crippen molar-refractivity contribution in [1.29, 1.82) is 5.26 Å². The van der Waals surface area contributed by atoms with Crippen molar-refractivity contribution >= 4 is 10.0 Å². The molecule has 1 N–H and O–H groups in total. The second-order valence-electron chi connectivity index (χ2n) is 8.67. The van der Waals surface area contributed by atoms with E-state index >= 15 is 0 Å². The Morgan fingerprint density at radius 2 is 2.12 bits per heavy atom. The third-order valence-corrected chi connectivity index (χ3v) is 7.21. The molecule has 0 saturated carbocycles. The van der Waals surface area contributed by atoms with Crippen LogP contribution >= 0.6 is 0 Å². The lowest BCUT2D eigenvalue weighted by molar-refractivity contribution is 0.241. The van der Waals surface area contributed by atoms with Gasteiger partial charge in [-0.05, 0) is 62.4 Å². The molecule has 1 aliphatic carbocycles. The van der Waals surface area contributed by atoms with E-state index in [2.05, 4.69) is 20.9 Å². The molecule has 4 rings (SSSR count). The molecule has 0 amide bonds. The van der Waals surface area contributed by atoms with Gasteiger partial charge in [-0.25, -0.2) is 13.1 Å². The number of nitrogens with zero attached hydrogens (tertiary/aromatic N) is 3. The number of ether oxygens (including phenoxy) is 1. The summed E-state index contributed by atoms with van der Waals surface area (Å²) in [5.74, 6) is 1.38. The molecule has 8 nitrogen and oxygen atoms in total. The van der Waals surface area contributed by atoms with Gasteiger partial charge in [-0.2, -0.15) is 10.2 Å². The standard InChI is InChI=1S/C25H28N4O4S/c1-4-5-13-34(30,31)29-22-11-10-19-20(22)7-6-8-21(19)24-27-25(33-28-24)17-9-12-23(32-16(2)3)18(14-17)15-26/h6-9,12,14,16,22,29H,4-5,10-11,13H2,1-3H3/t22-/m1/s1. The zero-order valence-corrected chi connectivity index (χ0v) is 20.4. The molecule has 0 fully saturated rings. The second kappa shape index (κ2) is 9.95. The third kappa shape index (κ3) is 5.13. The number of unbranched alkanes of at least 4 members (excludes halogenated alkanes) is 1. The van der Waals surface area contributed by atoms with Crippen molar-refractivity contribution in [2.45, 2.75) is 58.6 Å². The molecule has 1 aliphatic rings. The summed E-state index contributed by atoms with van der Waals surface area (Å²) in [6.07, 6.45) is 2.82. The highest BCUT2D eigenvalue weighted by Crippen LogP contribution is 2.38. The first kappa shape index (κ1) is 23.9. The molecule has 0 unspecified atom stereocenters. The Kier molecular flexibility index (Phi) is 7.00. The van der Waals surface area contributed by atoms with E-state index in [1.807, 2.05) is 39.0 Å². The molecule has 3 aromatic rings. The lowest BCUT2D eigenvalue weighted by atomic mass is 10.0. The average molecular weight is 481 g/mol. The van der Waals surface area contributed by atoms with Crippen LogP contribution < -0.4 is 9.46 Å². The minimum Gasteiger partial charge on any atom is -0.490 e. The summed E-state index contributed by atoms with van der Waals surface area (Å²) in [4.78, 5) is 4.57. The SMILES string of the molecule is CCCCS(=O)(=O)N[C@@H]1CCc2c(-c3noc(-c4ccc(OC(C)C)c(C#N)c4)n3)cccc21. The van der Waals surface area contributed by atoms with Crippen molar-refractivity contribution in [1.82, 2.24) is 14.9 Å². The highest BCUT2D eigenvalue weighted by atomic mass is 32.2. The number of sulfonamides is 1. The second-order valence-corrected chi connectivity index (χ2v) is 10.5. The Hall–Kier alpha value is -3.22. The Morgan fingerprint density at radius 1 is 1.29 bits per heavy atom. The molecule has 34 heavy (non-hydrogen) atoms. The lowest BCUT2D eigenvalue weighted by Crippen LogP contribution is -2.29. The van der Waals surface area contributed by atoms with Crippen molar-refractivity contribution < 1.29 is 17.7 Å². The monoisotopic (exact) mass is 480 g/mol. The number of aromatic nitrogens is 2. The maximum atomic E-state index is 12.4. The summed E-state index contributed by atoms with van der Waals surface area (Å²) >= 11 is 0. The topological polar surface area (TPSA) is 118 Å². The van der Waals surface area contributed by atoms with E-state index in [4.69, 9.17) is 9.26 Å². The minimum absolute atomic E-state index is 0.0481. The van der Waals surface area contributed by atoms with Crippen LogP contribution in [0, 0.1) is 11.3 Å². The quantitative estimate of drug-likeness (QED) is 0.469. The van der Waals surface area contributed by atoms with Crippen molar-refractivity contribution in [2.24, 2.45) is 0 Å². The molecule has 0 spiro atoms. The average Bonchev–Trinajstić information content (AvgIpc) is 3.45. The van der Waals surface area contributed by atoms with Crippen LogP contribution in [0.1, 0.15) is 62.8 Å². The maximum absolute atomic E-state index is 12.4. The van der Waals surface area contributed by atoms with Crippen LogP contribution in [0.5, 0.6) is 5.75 Å². The number of rotatable bonds is 9. The Labute approximate surface area is 200 Å². The highest BCUT2D eigenvalue weighted by molar-refractivity contribution is 7.89. The fourth-order valence-corrected chi connectivity index (χ4v) is 5.62. The molecular formula is C25H28N4O4S. The van der Waals surface area contributed by atoms with Gasteiger partial charge in [0.25, 0.3) is 5.89 Å². The number of hydrogen-bond acceptors (Lipinski definition) is 7. The van der Waals surface area contributed by atoms with E-state index in [-0.39, 0.29) is 17.9 Å². The van der Waals surface area contributed by atoms with Gasteiger partial charge in [-0.15, -0.1) is 0 Å². The van der Waals surface area contributed by atoms with Gasteiger partial charge in [-0.3, -0.25) is 0 Å². The smallest absolute Gasteiger partial charge is 0.258 e. The first-order valence-corrected chi connectivity index (χ1v) is 13.1. The van der Waals surface area contributed by atoms with Gasteiger partial charge in [0, 0.05) is 17.2 Å². The highest BCUT2D eigenvalue weighted by Gasteiger charge is 2.29. The van der Waals surface area contributed by atoms with Crippen LogP contribution in [0.4, 0.5) is 0 Å². The molecular weight excluding hydrogens is 452 g/mol. The van der Waals surface area contributed by atoms with Crippen LogP contribution in [0.2, 0.25) is 0 Å². The van der Waals surface area contributed by atoms with Crippen LogP contribution in [0.3, 0.4) is 0 Å². The molecule has 2 aromatic carbocycles. The molecule has 0 aliphatic heterocycles. The zero-order chi connectivity index (χ0) is 24.3. The van der Waals surface area contributed by atoms with E-state index < -0.39 is 10.0 Å². The summed E-state index contributed by atoms with van der Waals surface area (Å²) < 4.78 is 38.9. The van der Waals surface area contributed by atoms with E-state index in [0.717, 1.165) is 29.5 Å². The van der Waals surface area contributed by atoms with Crippen LogP contribution in [-0.2, 0) is 16.4 Å². The Morgan fingerprint density at radius 3 is 2.85 bits per heavy atom. The maximum Gasteiger partial charge on any atom is 0.258 e. The van der Waals surface area contributed by atoms with Gasteiger partial charge in [0.1, 0.15) is 11.8 Å². The minimum atomic E-state index is -3.33. The summed E-state index contributed by atoms with van der Waals surface area (Å²) in [6.45, 7) is 5.78. The Bertz CT molecular complexity index is 1320. The van der Waals surface area contributed by atoms with Gasteiger partial charge in [0.15, 0.2) is 0 Å². The van der Waals surface area contributed by atoms with Gasteiger partial charge in [0.05, 0.1) is 17.4 Å². The fourth-order valence-electron chi connectivity index (χ4n) is 4.15. The number of benzene rings is 2. The van der Waals surface area contributed by atoms with Crippen LogP contribution in [0.15, 0.2) is 40.9 Å². The number of hydrogen-bond donors (Lipinski definition) is 1. The third-order valence-electron chi connectivity index (χ3n) is 5.74. The lowest BCUT2D eigenvalue weighted by Gasteiger charge is -2.14. The largest absolute Gasteiger partial charge is 0.490 e. The molecule has 0 saturated heterocycles. The molecule has 0 bridgehead atoms. The van der Waals surface area contributed by atoms with Gasteiger partial charge < -0.3 is 9.26 Å². The summed E-state index contributed by atoms with van der Waals surface area (Å²) in [7, 11) is -3.33. The van der Waals surface area contributed by atoms with E-state index in [1.165, 1.54) is 0 Å².